The summed E-state index contributed by atoms with van der Waals surface area (Å²) in [7, 11) is 0. The number of aliphatic hydroxyl groups excluding tert-OH is 1. The van der Waals surface area contributed by atoms with Gasteiger partial charge in [0.2, 0.25) is 5.91 Å². The molecule has 3 nitrogen and oxygen atoms in total. The lowest BCUT2D eigenvalue weighted by Crippen LogP contribution is -2.09. The summed E-state index contributed by atoms with van der Waals surface area (Å²) < 4.78 is 0. The Morgan fingerprint density at radius 1 is 1.67 bits per heavy atom. The second-order valence-corrected chi connectivity index (χ2v) is 3.42. The second-order valence-electron chi connectivity index (χ2n) is 2.98. The van der Waals surface area contributed by atoms with Crippen molar-refractivity contribution >= 4 is 23.2 Å². The van der Waals surface area contributed by atoms with Crippen LogP contribution < -0.4 is 5.32 Å². The number of amides is 1. The fourth-order valence-corrected chi connectivity index (χ4v) is 1.33. The highest BCUT2D eigenvalue weighted by Crippen LogP contribution is 2.26. The van der Waals surface area contributed by atoms with E-state index < -0.39 is 6.10 Å². The molecular weight excluding hydrogens is 214 g/mol. The molecule has 1 unspecified atom stereocenters. The monoisotopic (exact) mass is 223 g/mol. The molecule has 1 rings (SSSR count). The fraction of sp³-hybridized carbons (Fsp3) is 0.182. The summed E-state index contributed by atoms with van der Waals surface area (Å²) >= 11 is 5.76. The van der Waals surface area contributed by atoms with Crippen molar-refractivity contribution in [3.05, 3.63) is 28.8 Å². The number of aliphatic hydroxyl groups is 1. The quantitative estimate of drug-likeness (QED) is 0.754. The van der Waals surface area contributed by atoms with Gasteiger partial charge in [-0.05, 0) is 18.2 Å². The van der Waals surface area contributed by atoms with Crippen molar-refractivity contribution in [1.29, 1.82) is 0 Å². The van der Waals surface area contributed by atoms with E-state index >= 15 is 0 Å². The molecule has 0 aliphatic rings. The maximum atomic E-state index is 10.9. The standard InChI is InChI=1S/C11H10ClNO2/c1-3-11(15)9-6-8(12)4-5-10(9)13-7(2)14/h1,4-6,11,15H,2H3,(H,13,14). The van der Waals surface area contributed by atoms with Gasteiger partial charge < -0.3 is 10.4 Å². The fourth-order valence-electron chi connectivity index (χ4n) is 1.15. The zero-order valence-electron chi connectivity index (χ0n) is 8.12. The van der Waals surface area contributed by atoms with Crippen molar-refractivity contribution in [1.82, 2.24) is 0 Å². The van der Waals surface area contributed by atoms with Crippen molar-refractivity contribution in [2.24, 2.45) is 0 Å². The second kappa shape index (κ2) is 4.83. The van der Waals surface area contributed by atoms with Crippen LogP contribution in [0.4, 0.5) is 5.69 Å². The number of halogens is 1. The van der Waals surface area contributed by atoms with E-state index in [1.807, 2.05) is 0 Å². The predicted octanol–water partition coefficient (Wildman–Crippen LogP) is 1.96. The largest absolute Gasteiger partial charge is 0.376 e. The minimum absolute atomic E-state index is 0.234. The van der Waals surface area contributed by atoms with E-state index in [0.717, 1.165) is 0 Å². The highest BCUT2D eigenvalue weighted by atomic mass is 35.5. The van der Waals surface area contributed by atoms with Gasteiger partial charge in [-0.25, -0.2) is 0 Å². The third-order valence-corrected chi connectivity index (χ3v) is 2.01. The van der Waals surface area contributed by atoms with Crippen LogP contribution in [0, 0.1) is 12.3 Å². The van der Waals surface area contributed by atoms with Crippen molar-refractivity contribution in [2.75, 3.05) is 5.32 Å². The van der Waals surface area contributed by atoms with Crippen LogP contribution in [0.1, 0.15) is 18.6 Å². The van der Waals surface area contributed by atoms with Gasteiger partial charge in [-0.15, -0.1) is 6.42 Å². The Kier molecular flexibility index (Phi) is 3.73. The van der Waals surface area contributed by atoms with Crippen molar-refractivity contribution < 1.29 is 9.90 Å². The third kappa shape index (κ3) is 2.98. The molecule has 4 heteroatoms. The molecular formula is C11H10ClNO2. The molecule has 0 heterocycles. The van der Waals surface area contributed by atoms with Gasteiger partial charge in [0.1, 0.15) is 6.10 Å². The Morgan fingerprint density at radius 3 is 2.87 bits per heavy atom. The summed E-state index contributed by atoms with van der Waals surface area (Å²) in [5.41, 5.74) is 0.887. The molecule has 0 fully saturated rings. The first kappa shape index (κ1) is 11.6. The smallest absolute Gasteiger partial charge is 0.221 e. The van der Waals surface area contributed by atoms with Gasteiger partial charge in [-0.2, -0.15) is 0 Å². The van der Waals surface area contributed by atoms with E-state index in [1.165, 1.54) is 13.0 Å². The van der Waals surface area contributed by atoms with Crippen LogP contribution in [0.5, 0.6) is 0 Å². The number of hydrogen-bond acceptors (Lipinski definition) is 2. The Hall–Kier alpha value is -1.50. The molecule has 0 aliphatic heterocycles. The van der Waals surface area contributed by atoms with E-state index in [-0.39, 0.29) is 5.91 Å². The summed E-state index contributed by atoms with van der Waals surface area (Å²) in [5.74, 6) is 1.93. The summed E-state index contributed by atoms with van der Waals surface area (Å²) in [6, 6.07) is 4.73. The molecule has 0 saturated heterocycles. The number of carbonyl (C=O) groups is 1. The van der Waals surface area contributed by atoms with Crippen molar-refractivity contribution in [3.63, 3.8) is 0 Å². The minimum atomic E-state index is -1.08. The Bertz CT molecular complexity index is 423. The highest BCUT2D eigenvalue weighted by Gasteiger charge is 2.11. The molecule has 78 valence electrons. The van der Waals surface area contributed by atoms with Gasteiger partial charge in [0, 0.05) is 23.2 Å². The first-order valence-corrected chi connectivity index (χ1v) is 4.63. The van der Waals surface area contributed by atoms with E-state index in [1.54, 1.807) is 12.1 Å². The van der Waals surface area contributed by atoms with E-state index in [0.29, 0.717) is 16.3 Å². The average molecular weight is 224 g/mol. The Balaban J connectivity index is 3.15. The molecule has 1 aromatic carbocycles. The van der Waals surface area contributed by atoms with Crippen LogP contribution in [0.15, 0.2) is 18.2 Å². The molecule has 15 heavy (non-hydrogen) atoms. The van der Waals surface area contributed by atoms with Crippen molar-refractivity contribution in [3.8, 4) is 12.3 Å². The maximum absolute atomic E-state index is 10.9. The van der Waals surface area contributed by atoms with Gasteiger partial charge in [0.25, 0.3) is 0 Å². The number of hydrogen-bond donors (Lipinski definition) is 2. The number of rotatable bonds is 2. The topological polar surface area (TPSA) is 49.3 Å². The zero-order chi connectivity index (χ0) is 11.4. The SMILES string of the molecule is C#CC(O)c1cc(Cl)ccc1NC(C)=O. The van der Waals surface area contributed by atoms with Crippen LogP contribution in [-0.2, 0) is 4.79 Å². The highest BCUT2D eigenvalue weighted by molar-refractivity contribution is 6.30. The van der Waals surface area contributed by atoms with Crippen molar-refractivity contribution in [2.45, 2.75) is 13.0 Å². The molecule has 2 N–H and O–H groups in total. The number of anilines is 1. The van der Waals surface area contributed by atoms with Gasteiger partial charge in [-0.1, -0.05) is 17.5 Å². The zero-order valence-corrected chi connectivity index (χ0v) is 8.88. The van der Waals surface area contributed by atoms with Crippen LogP contribution in [0.25, 0.3) is 0 Å². The lowest BCUT2D eigenvalue weighted by molar-refractivity contribution is -0.114. The molecule has 1 amide bonds. The lowest BCUT2D eigenvalue weighted by Gasteiger charge is -2.11. The molecule has 0 radical (unpaired) electrons. The normalized spacial score (nSPS) is 11.6. The predicted molar refractivity (Wildman–Crippen MR) is 59.5 cm³/mol. The lowest BCUT2D eigenvalue weighted by atomic mass is 10.1. The molecule has 0 saturated carbocycles. The summed E-state index contributed by atoms with van der Waals surface area (Å²) in [5, 5.41) is 12.5. The Labute approximate surface area is 93.1 Å². The third-order valence-electron chi connectivity index (χ3n) is 1.78. The van der Waals surface area contributed by atoms with Crippen LogP contribution in [-0.4, -0.2) is 11.0 Å². The van der Waals surface area contributed by atoms with Gasteiger partial charge in [0.05, 0.1) is 0 Å². The number of carbonyl (C=O) groups excluding carboxylic acids is 1. The number of nitrogens with one attached hydrogen (secondary N) is 1. The van der Waals surface area contributed by atoms with E-state index in [2.05, 4.69) is 11.2 Å². The first-order chi connectivity index (χ1) is 7.04. The first-order valence-electron chi connectivity index (χ1n) is 4.26. The molecule has 0 bridgehead atoms. The summed E-state index contributed by atoms with van der Waals surface area (Å²) in [4.78, 5) is 10.9. The van der Waals surface area contributed by atoms with Crippen LogP contribution in [0.3, 0.4) is 0 Å². The Morgan fingerprint density at radius 2 is 2.33 bits per heavy atom. The molecule has 1 atom stereocenters. The van der Waals surface area contributed by atoms with E-state index in [4.69, 9.17) is 18.0 Å². The number of benzene rings is 1. The molecule has 1 aromatic rings. The molecule has 0 spiro atoms. The molecule has 0 aromatic heterocycles. The summed E-state index contributed by atoms with van der Waals surface area (Å²) in [6.45, 7) is 1.38. The minimum Gasteiger partial charge on any atom is -0.376 e. The van der Waals surface area contributed by atoms with E-state index in [9.17, 15) is 9.90 Å². The van der Waals surface area contributed by atoms with Gasteiger partial charge >= 0.3 is 0 Å². The maximum Gasteiger partial charge on any atom is 0.221 e. The molecule has 0 aliphatic carbocycles. The number of terminal acetylenes is 1. The summed E-state index contributed by atoms with van der Waals surface area (Å²) in [6.07, 6.45) is 4.02. The van der Waals surface area contributed by atoms with Gasteiger partial charge in [0.15, 0.2) is 0 Å². The van der Waals surface area contributed by atoms with Crippen LogP contribution >= 0.6 is 11.6 Å². The van der Waals surface area contributed by atoms with Gasteiger partial charge in [-0.3, -0.25) is 4.79 Å². The van der Waals surface area contributed by atoms with Crippen LogP contribution in [0.2, 0.25) is 5.02 Å². The average Bonchev–Trinajstić information content (AvgIpc) is 2.19.